The first-order valence-corrected chi connectivity index (χ1v) is 10.2. The fourth-order valence-corrected chi connectivity index (χ4v) is 3.86. The fraction of sp³-hybridized carbons (Fsp3) is 0.375. The third kappa shape index (κ3) is 4.80. The summed E-state index contributed by atoms with van der Waals surface area (Å²) in [5.74, 6) is 1.68. The van der Waals surface area contributed by atoms with Crippen LogP contribution in [0.4, 0.5) is 0 Å². The normalized spacial score (nSPS) is 13.5. The molecule has 0 saturated carbocycles. The van der Waals surface area contributed by atoms with E-state index in [4.69, 9.17) is 9.15 Å². The van der Waals surface area contributed by atoms with Crippen LogP contribution in [0, 0.1) is 0 Å². The molecule has 0 atom stereocenters. The number of amides is 1. The van der Waals surface area contributed by atoms with Crippen molar-refractivity contribution in [2.45, 2.75) is 38.8 Å². The second-order valence-corrected chi connectivity index (χ2v) is 7.99. The van der Waals surface area contributed by atoms with Gasteiger partial charge in [-0.1, -0.05) is 24.3 Å². The topological polar surface area (TPSA) is 54.7 Å². The number of ether oxygens (including phenoxy) is 1. The van der Waals surface area contributed by atoms with Crippen LogP contribution in [-0.4, -0.2) is 31.5 Å². The number of fused-ring (bicyclic) bond motifs is 3. The van der Waals surface area contributed by atoms with Crippen molar-refractivity contribution in [2.24, 2.45) is 0 Å². The van der Waals surface area contributed by atoms with Crippen molar-refractivity contribution in [3.05, 3.63) is 64.9 Å². The average Bonchev–Trinajstić information content (AvgIpc) is 3.09. The monoisotopic (exact) mass is 392 g/mol. The van der Waals surface area contributed by atoms with E-state index in [1.165, 1.54) is 24.0 Å². The molecule has 1 heterocycles. The molecule has 1 aliphatic rings. The molecule has 1 N–H and O–H groups in total. The standard InChI is InChI=1S/C24H28N2O3/c1-26(2)15-18-9-7-17(8-10-18)14-25-24(27)16-28-19-11-12-23-21(13-19)20-5-3-4-6-22(20)29-23/h7-13H,3-6,14-16H2,1-2H3,(H,25,27). The first kappa shape index (κ1) is 19.5. The van der Waals surface area contributed by atoms with Gasteiger partial charge in [0.25, 0.3) is 5.91 Å². The molecular formula is C24H28N2O3. The quantitative estimate of drug-likeness (QED) is 0.659. The van der Waals surface area contributed by atoms with Crippen LogP contribution in [0.25, 0.3) is 11.0 Å². The summed E-state index contributed by atoms with van der Waals surface area (Å²) in [6.07, 6.45) is 4.46. The number of nitrogens with one attached hydrogen (secondary N) is 1. The summed E-state index contributed by atoms with van der Waals surface area (Å²) >= 11 is 0. The molecule has 0 aliphatic heterocycles. The Morgan fingerprint density at radius 2 is 1.83 bits per heavy atom. The smallest absolute Gasteiger partial charge is 0.258 e. The highest BCUT2D eigenvalue weighted by Crippen LogP contribution is 2.33. The minimum Gasteiger partial charge on any atom is -0.484 e. The van der Waals surface area contributed by atoms with Crippen molar-refractivity contribution in [2.75, 3.05) is 20.7 Å². The van der Waals surface area contributed by atoms with Gasteiger partial charge < -0.3 is 19.4 Å². The van der Waals surface area contributed by atoms with E-state index in [1.807, 2.05) is 32.3 Å². The molecule has 2 aromatic carbocycles. The maximum Gasteiger partial charge on any atom is 0.258 e. The summed E-state index contributed by atoms with van der Waals surface area (Å²) in [5, 5.41) is 4.04. The second-order valence-electron chi connectivity index (χ2n) is 7.99. The lowest BCUT2D eigenvalue weighted by Crippen LogP contribution is -2.28. The number of carbonyl (C=O) groups is 1. The van der Waals surface area contributed by atoms with Gasteiger partial charge in [0.15, 0.2) is 6.61 Å². The van der Waals surface area contributed by atoms with Crippen molar-refractivity contribution in [3.8, 4) is 5.75 Å². The van der Waals surface area contributed by atoms with E-state index >= 15 is 0 Å². The Hall–Kier alpha value is -2.79. The molecular weight excluding hydrogens is 364 g/mol. The molecule has 4 rings (SSSR count). The highest BCUT2D eigenvalue weighted by Gasteiger charge is 2.18. The number of aryl methyl sites for hydroxylation is 2. The van der Waals surface area contributed by atoms with Crippen LogP contribution < -0.4 is 10.1 Å². The van der Waals surface area contributed by atoms with Crippen LogP contribution in [0.1, 0.15) is 35.3 Å². The zero-order valence-corrected chi connectivity index (χ0v) is 17.2. The Bertz CT molecular complexity index is 989. The fourth-order valence-electron chi connectivity index (χ4n) is 3.86. The Morgan fingerprint density at radius 3 is 2.62 bits per heavy atom. The molecule has 0 fully saturated rings. The number of nitrogens with zero attached hydrogens (tertiary/aromatic N) is 1. The number of hydrogen-bond donors (Lipinski definition) is 1. The van der Waals surface area contributed by atoms with Crippen molar-refractivity contribution in [1.82, 2.24) is 10.2 Å². The molecule has 3 aromatic rings. The van der Waals surface area contributed by atoms with Gasteiger partial charge in [0.05, 0.1) is 0 Å². The van der Waals surface area contributed by atoms with Crippen molar-refractivity contribution < 1.29 is 13.9 Å². The van der Waals surface area contributed by atoms with Crippen LogP contribution >= 0.6 is 0 Å². The lowest BCUT2D eigenvalue weighted by Gasteiger charge is -2.11. The third-order valence-corrected chi connectivity index (χ3v) is 5.31. The van der Waals surface area contributed by atoms with Crippen molar-refractivity contribution in [1.29, 1.82) is 0 Å². The maximum absolute atomic E-state index is 12.2. The molecule has 152 valence electrons. The SMILES string of the molecule is CN(C)Cc1ccc(CNC(=O)COc2ccc3oc4c(c3c2)CCCC4)cc1. The Labute approximate surface area is 171 Å². The summed E-state index contributed by atoms with van der Waals surface area (Å²) < 4.78 is 11.7. The number of benzene rings is 2. The largest absolute Gasteiger partial charge is 0.484 e. The van der Waals surface area contributed by atoms with E-state index in [1.54, 1.807) is 0 Å². The van der Waals surface area contributed by atoms with Gasteiger partial charge in [-0.25, -0.2) is 0 Å². The zero-order chi connectivity index (χ0) is 20.2. The summed E-state index contributed by atoms with van der Waals surface area (Å²) in [7, 11) is 4.10. The van der Waals surface area contributed by atoms with E-state index in [0.717, 1.165) is 41.7 Å². The molecule has 1 amide bonds. The lowest BCUT2D eigenvalue weighted by atomic mass is 9.96. The van der Waals surface area contributed by atoms with Crippen LogP contribution in [-0.2, 0) is 30.7 Å². The third-order valence-electron chi connectivity index (χ3n) is 5.31. The number of carbonyl (C=O) groups excluding carboxylic acids is 1. The van der Waals surface area contributed by atoms with E-state index in [-0.39, 0.29) is 12.5 Å². The molecule has 1 aromatic heterocycles. The first-order chi connectivity index (χ1) is 14.1. The van der Waals surface area contributed by atoms with Gasteiger partial charge >= 0.3 is 0 Å². The van der Waals surface area contributed by atoms with E-state index in [2.05, 4.69) is 34.5 Å². The molecule has 0 radical (unpaired) electrons. The van der Waals surface area contributed by atoms with Gasteiger partial charge in [0.2, 0.25) is 0 Å². The minimum absolute atomic E-state index is 0.00423. The van der Waals surface area contributed by atoms with Gasteiger partial charge in [-0.05, 0) is 62.7 Å². The first-order valence-electron chi connectivity index (χ1n) is 10.2. The number of hydrogen-bond acceptors (Lipinski definition) is 4. The molecule has 0 saturated heterocycles. The van der Waals surface area contributed by atoms with Gasteiger partial charge in [0.1, 0.15) is 17.1 Å². The summed E-state index contributed by atoms with van der Waals surface area (Å²) in [6, 6.07) is 14.1. The Kier molecular flexibility index (Phi) is 5.86. The van der Waals surface area contributed by atoms with Crippen LogP contribution in [0.5, 0.6) is 5.75 Å². The van der Waals surface area contributed by atoms with Crippen molar-refractivity contribution >= 4 is 16.9 Å². The van der Waals surface area contributed by atoms with Crippen LogP contribution in [0.2, 0.25) is 0 Å². The zero-order valence-electron chi connectivity index (χ0n) is 17.2. The molecule has 5 nitrogen and oxygen atoms in total. The Morgan fingerprint density at radius 1 is 1.07 bits per heavy atom. The van der Waals surface area contributed by atoms with Crippen LogP contribution in [0.3, 0.4) is 0 Å². The van der Waals surface area contributed by atoms with E-state index < -0.39 is 0 Å². The predicted molar refractivity (Wildman–Crippen MR) is 114 cm³/mol. The van der Waals surface area contributed by atoms with E-state index in [9.17, 15) is 4.79 Å². The summed E-state index contributed by atoms with van der Waals surface area (Å²) in [6.45, 7) is 1.41. The summed E-state index contributed by atoms with van der Waals surface area (Å²) in [4.78, 5) is 14.3. The van der Waals surface area contributed by atoms with Gasteiger partial charge in [0, 0.05) is 30.5 Å². The number of furan rings is 1. The van der Waals surface area contributed by atoms with Crippen LogP contribution in [0.15, 0.2) is 46.9 Å². The maximum atomic E-state index is 12.2. The highest BCUT2D eigenvalue weighted by atomic mass is 16.5. The molecule has 0 spiro atoms. The van der Waals surface area contributed by atoms with Gasteiger partial charge in [-0.3, -0.25) is 4.79 Å². The minimum atomic E-state index is -0.128. The van der Waals surface area contributed by atoms with Gasteiger partial charge in [-0.2, -0.15) is 0 Å². The molecule has 5 heteroatoms. The highest BCUT2D eigenvalue weighted by molar-refractivity contribution is 5.84. The average molecular weight is 392 g/mol. The van der Waals surface area contributed by atoms with Gasteiger partial charge in [-0.15, -0.1) is 0 Å². The number of rotatable bonds is 7. The molecule has 1 aliphatic carbocycles. The second kappa shape index (κ2) is 8.70. The lowest BCUT2D eigenvalue weighted by molar-refractivity contribution is -0.123. The molecule has 0 bridgehead atoms. The predicted octanol–water partition coefficient (Wildman–Crippen LogP) is 4.07. The molecule has 29 heavy (non-hydrogen) atoms. The Balaban J connectivity index is 1.30. The van der Waals surface area contributed by atoms with E-state index in [0.29, 0.717) is 12.3 Å². The van der Waals surface area contributed by atoms with Crippen molar-refractivity contribution in [3.63, 3.8) is 0 Å². The summed E-state index contributed by atoms with van der Waals surface area (Å²) in [5.41, 5.74) is 4.54. The molecule has 0 unspecified atom stereocenters.